The lowest BCUT2D eigenvalue weighted by molar-refractivity contribution is 0.101. The van der Waals surface area contributed by atoms with Crippen molar-refractivity contribution in [3.8, 4) is 11.1 Å². The molecule has 4 heteroatoms. The van der Waals surface area contributed by atoms with Gasteiger partial charge in [-0.2, -0.15) is 0 Å². The molecular formula is C14H9Cl2FO. The van der Waals surface area contributed by atoms with Gasteiger partial charge < -0.3 is 0 Å². The van der Waals surface area contributed by atoms with E-state index in [0.717, 1.165) is 0 Å². The molecule has 0 spiro atoms. The van der Waals surface area contributed by atoms with Crippen LogP contribution in [0.1, 0.15) is 17.3 Å². The van der Waals surface area contributed by atoms with Gasteiger partial charge in [0, 0.05) is 16.1 Å². The standard InChI is InChI=1S/C14H9Cl2FO/c1-8(18)11-4-2-9(6-13(11)16)12-5-3-10(15)7-14(12)17/h2-7H,1H3. The summed E-state index contributed by atoms with van der Waals surface area (Å²) in [4.78, 5) is 11.2. The van der Waals surface area contributed by atoms with Gasteiger partial charge in [0.1, 0.15) is 5.82 Å². The summed E-state index contributed by atoms with van der Waals surface area (Å²) in [5.74, 6) is -0.544. The average molecular weight is 283 g/mol. The summed E-state index contributed by atoms with van der Waals surface area (Å²) in [5.41, 5.74) is 1.44. The van der Waals surface area contributed by atoms with Crippen LogP contribution >= 0.6 is 23.2 Å². The molecule has 1 nitrogen and oxygen atoms in total. The molecular weight excluding hydrogens is 274 g/mol. The Morgan fingerprint density at radius 1 is 1.11 bits per heavy atom. The number of Topliss-reactive ketones (excluding diaryl/α,β-unsaturated/α-hetero) is 1. The van der Waals surface area contributed by atoms with Crippen molar-refractivity contribution in [2.45, 2.75) is 6.92 Å². The molecule has 18 heavy (non-hydrogen) atoms. The monoisotopic (exact) mass is 282 g/mol. The zero-order valence-electron chi connectivity index (χ0n) is 9.51. The van der Waals surface area contributed by atoms with Gasteiger partial charge >= 0.3 is 0 Å². The molecule has 0 radical (unpaired) electrons. The average Bonchev–Trinajstić information content (AvgIpc) is 2.28. The predicted octanol–water partition coefficient (Wildman–Crippen LogP) is 5.00. The van der Waals surface area contributed by atoms with Crippen LogP contribution in [0.4, 0.5) is 4.39 Å². The van der Waals surface area contributed by atoms with Crippen molar-refractivity contribution >= 4 is 29.0 Å². The number of carbonyl (C=O) groups is 1. The van der Waals surface area contributed by atoms with Crippen LogP contribution in [-0.2, 0) is 0 Å². The highest BCUT2D eigenvalue weighted by molar-refractivity contribution is 6.34. The van der Waals surface area contributed by atoms with E-state index in [1.807, 2.05) is 0 Å². The quantitative estimate of drug-likeness (QED) is 0.709. The second kappa shape index (κ2) is 5.09. The zero-order chi connectivity index (χ0) is 13.3. The summed E-state index contributed by atoms with van der Waals surface area (Å²) in [6, 6.07) is 9.25. The van der Waals surface area contributed by atoms with Crippen LogP contribution in [0.2, 0.25) is 10.0 Å². The van der Waals surface area contributed by atoms with Gasteiger partial charge in [-0.3, -0.25) is 4.79 Å². The Morgan fingerprint density at radius 2 is 1.83 bits per heavy atom. The van der Waals surface area contributed by atoms with Crippen LogP contribution in [-0.4, -0.2) is 5.78 Å². The number of hydrogen-bond acceptors (Lipinski definition) is 1. The molecule has 2 rings (SSSR count). The fraction of sp³-hybridized carbons (Fsp3) is 0.0714. The first kappa shape index (κ1) is 13.1. The van der Waals surface area contributed by atoms with Crippen LogP contribution in [0.3, 0.4) is 0 Å². The smallest absolute Gasteiger partial charge is 0.161 e. The van der Waals surface area contributed by atoms with E-state index in [1.54, 1.807) is 30.3 Å². The third-order valence-corrected chi connectivity index (χ3v) is 3.14. The van der Waals surface area contributed by atoms with E-state index in [-0.39, 0.29) is 5.78 Å². The molecule has 0 amide bonds. The Bertz CT molecular complexity index is 623. The van der Waals surface area contributed by atoms with Crippen LogP contribution < -0.4 is 0 Å². The zero-order valence-corrected chi connectivity index (χ0v) is 11.0. The first-order chi connectivity index (χ1) is 8.49. The summed E-state index contributed by atoms with van der Waals surface area (Å²) in [6.07, 6.45) is 0. The molecule has 0 unspecified atom stereocenters. The van der Waals surface area contributed by atoms with Crippen molar-refractivity contribution in [1.29, 1.82) is 0 Å². The van der Waals surface area contributed by atoms with Crippen LogP contribution in [0.5, 0.6) is 0 Å². The van der Waals surface area contributed by atoms with E-state index in [2.05, 4.69) is 0 Å². The first-order valence-electron chi connectivity index (χ1n) is 5.25. The normalized spacial score (nSPS) is 10.4. The molecule has 0 aliphatic rings. The van der Waals surface area contributed by atoms with Crippen molar-refractivity contribution in [3.63, 3.8) is 0 Å². The minimum absolute atomic E-state index is 0.122. The van der Waals surface area contributed by atoms with Gasteiger partial charge in [-0.15, -0.1) is 0 Å². The number of hydrogen-bond donors (Lipinski definition) is 0. The highest BCUT2D eigenvalue weighted by Crippen LogP contribution is 2.29. The van der Waals surface area contributed by atoms with Crippen molar-refractivity contribution in [3.05, 3.63) is 57.8 Å². The maximum Gasteiger partial charge on any atom is 0.161 e. The third-order valence-electron chi connectivity index (χ3n) is 2.59. The number of ketones is 1. The predicted molar refractivity (Wildman–Crippen MR) is 71.9 cm³/mol. The van der Waals surface area contributed by atoms with E-state index >= 15 is 0 Å². The Labute approximate surface area is 114 Å². The summed E-state index contributed by atoms with van der Waals surface area (Å²) < 4.78 is 13.7. The second-order valence-electron chi connectivity index (χ2n) is 3.87. The minimum atomic E-state index is -0.422. The third kappa shape index (κ3) is 2.55. The van der Waals surface area contributed by atoms with Gasteiger partial charge in [0.2, 0.25) is 0 Å². The molecule has 2 aromatic rings. The highest BCUT2D eigenvalue weighted by Gasteiger charge is 2.10. The van der Waals surface area contributed by atoms with Crippen LogP contribution in [0, 0.1) is 5.82 Å². The van der Waals surface area contributed by atoms with Gasteiger partial charge in [-0.1, -0.05) is 29.3 Å². The second-order valence-corrected chi connectivity index (χ2v) is 4.72. The summed E-state index contributed by atoms with van der Waals surface area (Å²) >= 11 is 11.7. The van der Waals surface area contributed by atoms with E-state index < -0.39 is 5.82 Å². The molecule has 0 atom stereocenters. The van der Waals surface area contributed by atoms with Crippen molar-refractivity contribution in [2.75, 3.05) is 0 Å². The lowest BCUT2D eigenvalue weighted by Crippen LogP contribution is -1.94. The van der Waals surface area contributed by atoms with Gasteiger partial charge in [0.15, 0.2) is 5.78 Å². The fourth-order valence-corrected chi connectivity index (χ4v) is 2.16. The number of carbonyl (C=O) groups excluding carboxylic acids is 1. The SMILES string of the molecule is CC(=O)c1ccc(-c2ccc(Cl)cc2F)cc1Cl. The Balaban J connectivity index is 2.52. The van der Waals surface area contributed by atoms with Gasteiger partial charge in [0.05, 0.1) is 5.02 Å². The molecule has 0 fully saturated rings. The Hall–Kier alpha value is -1.38. The Morgan fingerprint density at radius 3 is 2.39 bits per heavy atom. The van der Waals surface area contributed by atoms with E-state index in [9.17, 15) is 9.18 Å². The molecule has 0 N–H and O–H groups in total. The van der Waals surface area contributed by atoms with Gasteiger partial charge in [-0.25, -0.2) is 4.39 Å². The van der Waals surface area contributed by atoms with E-state index in [0.29, 0.717) is 26.7 Å². The van der Waals surface area contributed by atoms with Crippen molar-refractivity contribution in [1.82, 2.24) is 0 Å². The van der Waals surface area contributed by atoms with Gasteiger partial charge in [0.25, 0.3) is 0 Å². The lowest BCUT2D eigenvalue weighted by Gasteiger charge is -2.06. The van der Waals surface area contributed by atoms with E-state index in [4.69, 9.17) is 23.2 Å². The molecule has 0 aliphatic heterocycles. The molecule has 0 bridgehead atoms. The molecule has 0 aromatic heterocycles. The maximum absolute atomic E-state index is 13.7. The Kier molecular flexibility index (Phi) is 3.69. The largest absolute Gasteiger partial charge is 0.294 e. The fourth-order valence-electron chi connectivity index (χ4n) is 1.69. The molecule has 2 aromatic carbocycles. The number of benzene rings is 2. The van der Waals surface area contributed by atoms with Crippen molar-refractivity contribution in [2.24, 2.45) is 0 Å². The maximum atomic E-state index is 13.7. The van der Waals surface area contributed by atoms with Crippen molar-refractivity contribution < 1.29 is 9.18 Å². The van der Waals surface area contributed by atoms with Gasteiger partial charge in [-0.05, 0) is 42.8 Å². The minimum Gasteiger partial charge on any atom is -0.294 e. The van der Waals surface area contributed by atoms with E-state index in [1.165, 1.54) is 13.0 Å². The lowest BCUT2D eigenvalue weighted by atomic mass is 10.0. The highest BCUT2D eigenvalue weighted by atomic mass is 35.5. The number of rotatable bonds is 2. The molecule has 0 saturated heterocycles. The molecule has 0 heterocycles. The van der Waals surface area contributed by atoms with Crippen LogP contribution in [0.15, 0.2) is 36.4 Å². The topological polar surface area (TPSA) is 17.1 Å². The number of halogens is 3. The summed E-state index contributed by atoms with van der Waals surface area (Å²) in [7, 11) is 0. The first-order valence-corrected chi connectivity index (χ1v) is 6.00. The molecule has 0 aliphatic carbocycles. The van der Waals surface area contributed by atoms with Crippen LogP contribution in [0.25, 0.3) is 11.1 Å². The summed E-state index contributed by atoms with van der Waals surface area (Å²) in [6.45, 7) is 1.43. The summed E-state index contributed by atoms with van der Waals surface area (Å²) in [5, 5.41) is 0.650. The molecule has 0 saturated carbocycles. The molecule has 92 valence electrons.